The Bertz CT molecular complexity index is 390. The molecule has 0 fully saturated rings. The Balaban J connectivity index is 2.58. The van der Waals surface area contributed by atoms with Crippen LogP contribution in [0.25, 0.3) is 0 Å². The van der Waals surface area contributed by atoms with Crippen LogP contribution in [0.2, 0.25) is 0 Å². The van der Waals surface area contributed by atoms with Crippen molar-refractivity contribution in [1.82, 2.24) is 0 Å². The summed E-state index contributed by atoms with van der Waals surface area (Å²) in [6.45, 7) is 0.401. The van der Waals surface area contributed by atoms with Gasteiger partial charge in [0.2, 0.25) is 0 Å². The largest absolute Gasteiger partial charge is 0.486 e. The highest BCUT2D eigenvalue weighted by atomic mass is 79.9. The molecule has 0 unspecified atom stereocenters. The molecule has 1 aromatic carbocycles. The molecule has 0 saturated carbocycles. The summed E-state index contributed by atoms with van der Waals surface area (Å²) >= 11 is 3.00. The highest BCUT2D eigenvalue weighted by Crippen LogP contribution is 2.44. The topological polar surface area (TPSA) is 18.5 Å². The van der Waals surface area contributed by atoms with Crippen molar-refractivity contribution in [2.24, 2.45) is 0 Å². The SMILES string of the molecule is FC(F)(F)c1cc(Br)cc2c1OCCO2. The monoisotopic (exact) mass is 282 g/mol. The third kappa shape index (κ3) is 2.04. The highest BCUT2D eigenvalue weighted by Gasteiger charge is 2.37. The maximum Gasteiger partial charge on any atom is 0.420 e. The third-order valence-corrected chi connectivity index (χ3v) is 2.37. The van der Waals surface area contributed by atoms with Gasteiger partial charge in [-0.1, -0.05) is 15.9 Å². The lowest BCUT2D eigenvalue weighted by molar-refractivity contribution is -0.139. The Labute approximate surface area is 92.1 Å². The van der Waals surface area contributed by atoms with Gasteiger partial charge in [0.05, 0.1) is 0 Å². The molecule has 1 aliphatic heterocycles. The van der Waals surface area contributed by atoms with Gasteiger partial charge in [0.1, 0.15) is 18.8 Å². The smallest absolute Gasteiger partial charge is 0.420 e. The van der Waals surface area contributed by atoms with Gasteiger partial charge in [-0.2, -0.15) is 13.2 Å². The van der Waals surface area contributed by atoms with Crippen LogP contribution in [-0.2, 0) is 6.18 Å². The molecule has 6 heteroatoms. The minimum absolute atomic E-state index is 0.128. The maximum absolute atomic E-state index is 12.6. The summed E-state index contributed by atoms with van der Waals surface area (Å²) in [5.74, 6) is -0.0973. The summed E-state index contributed by atoms with van der Waals surface area (Å²) in [6.07, 6.45) is -4.44. The zero-order valence-corrected chi connectivity index (χ0v) is 8.98. The van der Waals surface area contributed by atoms with E-state index in [0.29, 0.717) is 4.47 Å². The molecule has 1 aliphatic rings. The Kier molecular flexibility index (Phi) is 2.54. The van der Waals surface area contributed by atoms with Crippen LogP contribution in [-0.4, -0.2) is 13.2 Å². The molecule has 0 bridgehead atoms. The van der Waals surface area contributed by atoms with Crippen LogP contribution in [0.3, 0.4) is 0 Å². The maximum atomic E-state index is 12.6. The van der Waals surface area contributed by atoms with Crippen molar-refractivity contribution in [3.8, 4) is 11.5 Å². The number of hydrogen-bond donors (Lipinski definition) is 0. The van der Waals surface area contributed by atoms with Gasteiger partial charge in [-0.15, -0.1) is 0 Å². The lowest BCUT2D eigenvalue weighted by Crippen LogP contribution is -2.19. The Morgan fingerprint density at radius 3 is 2.47 bits per heavy atom. The molecule has 15 heavy (non-hydrogen) atoms. The molecule has 0 spiro atoms. The summed E-state index contributed by atoms with van der Waals surface area (Å²) in [5.41, 5.74) is -0.813. The van der Waals surface area contributed by atoms with Gasteiger partial charge < -0.3 is 9.47 Å². The number of rotatable bonds is 0. The average Bonchev–Trinajstić information content (AvgIpc) is 2.15. The number of hydrogen-bond acceptors (Lipinski definition) is 2. The second-order valence-corrected chi connectivity index (χ2v) is 3.89. The van der Waals surface area contributed by atoms with Crippen LogP contribution in [0.4, 0.5) is 13.2 Å². The molecule has 0 saturated heterocycles. The van der Waals surface area contributed by atoms with E-state index in [4.69, 9.17) is 9.47 Å². The van der Waals surface area contributed by atoms with E-state index in [-0.39, 0.29) is 24.7 Å². The molecule has 82 valence electrons. The van der Waals surface area contributed by atoms with E-state index in [9.17, 15) is 13.2 Å². The fourth-order valence-corrected chi connectivity index (χ4v) is 1.77. The van der Waals surface area contributed by atoms with Crippen molar-refractivity contribution in [3.05, 3.63) is 22.2 Å². The van der Waals surface area contributed by atoms with Gasteiger partial charge in [0.25, 0.3) is 0 Å². The third-order valence-electron chi connectivity index (χ3n) is 1.91. The molecular formula is C9H6BrF3O2. The minimum atomic E-state index is -4.44. The molecule has 2 nitrogen and oxygen atoms in total. The minimum Gasteiger partial charge on any atom is -0.486 e. The molecule has 1 heterocycles. The van der Waals surface area contributed by atoms with Crippen molar-refractivity contribution < 1.29 is 22.6 Å². The molecule has 0 aromatic heterocycles. The Hall–Kier alpha value is -0.910. The molecule has 2 rings (SSSR count). The number of benzene rings is 1. The number of fused-ring (bicyclic) bond motifs is 1. The summed E-state index contributed by atoms with van der Waals surface area (Å²) in [7, 11) is 0. The normalized spacial score (nSPS) is 15.2. The van der Waals surface area contributed by atoms with Crippen molar-refractivity contribution >= 4 is 15.9 Å². The average molecular weight is 283 g/mol. The summed E-state index contributed by atoms with van der Waals surface area (Å²) in [5, 5.41) is 0. The molecule has 0 aliphatic carbocycles. The van der Waals surface area contributed by atoms with E-state index in [1.165, 1.54) is 6.07 Å². The van der Waals surface area contributed by atoms with Crippen LogP contribution in [0.15, 0.2) is 16.6 Å². The Morgan fingerprint density at radius 2 is 1.80 bits per heavy atom. The molecule has 0 atom stereocenters. The zero-order chi connectivity index (χ0) is 11.1. The van der Waals surface area contributed by atoms with Crippen LogP contribution in [0.1, 0.15) is 5.56 Å². The molecule has 1 aromatic rings. The fourth-order valence-electron chi connectivity index (χ4n) is 1.33. The molecular weight excluding hydrogens is 277 g/mol. The van der Waals surface area contributed by atoms with Gasteiger partial charge in [-0.25, -0.2) is 0 Å². The van der Waals surface area contributed by atoms with E-state index in [1.54, 1.807) is 0 Å². The first kappa shape index (κ1) is 10.6. The molecule has 0 N–H and O–H groups in total. The van der Waals surface area contributed by atoms with Crippen molar-refractivity contribution in [2.75, 3.05) is 13.2 Å². The van der Waals surface area contributed by atoms with Crippen LogP contribution in [0, 0.1) is 0 Å². The second-order valence-electron chi connectivity index (χ2n) is 2.98. The van der Waals surface area contributed by atoms with E-state index in [1.807, 2.05) is 0 Å². The van der Waals surface area contributed by atoms with Crippen molar-refractivity contribution in [3.63, 3.8) is 0 Å². The fraction of sp³-hybridized carbons (Fsp3) is 0.333. The quantitative estimate of drug-likeness (QED) is 0.727. The number of halogens is 4. The van der Waals surface area contributed by atoms with E-state index in [2.05, 4.69) is 15.9 Å². The highest BCUT2D eigenvalue weighted by molar-refractivity contribution is 9.10. The predicted octanol–water partition coefficient (Wildman–Crippen LogP) is 3.24. The summed E-state index contributed by atoms with van der Waals surface area (Å²) < 4.78 is 48.2. The molecule has 0 radical (unpaired) electrons. The van der Waals surface area contributed by atoms with E-state index in [0.717, 1.165) is 6.07 Å². The van der Waals surface area contributed by atoms with Crippen LogP contribution >= 0.6 is 15.9 Å². The summed E-state index contributed by atoms with van der Waals surface area (Å²) in [4.78, 5) is 0. The van der Waals surface area contributed by atoms with Crippen molar-refractivity contribution in [1.29, 1.82) is 0 Å². The second kappa shape index (κ2) is 3.59. The van der Waals surface area contributed by atoms with Gasteiger partial charge >= 0.3 is 6.18 Å². The van der Waals surface area contributed by atoms with E-state index < -0.39 is 11.7 Å². The first-order chi connectivity index (χ1) is 6.98. The Morgan fingerprint density at radius 1 is 1.13 bits per heavy atom. The first-order valence-electron chi connectivity index (χ1n) is 4.15. The lowest BCUT2D eigenvalue weighted by Gasteiger charge is -2.22. The van der Waals surface area contributed by atoms with Crippen LogP contribution in [0.5, 0.6) is 11.5 Å². The zero-order valence-electron chi connectivity index (χ0n) is 7.40. The standard InChI is InChI=1S/C9H6BrF3O2/c10-5-3-6(9(11,12)13)8-7(4-5)14-1-2-15-8/h3-4H,1-2H2. The lowest BCUT2D eigenvalue weighted by atomic mass is 10.1. The van der Waals surface area contributed by atoms with Gasteiger partial charge in [-0.3, -0.25) is 0 Å². The van der Waals surface area contributed by atoms with Crippen LogP contribution < -0.4 is 9.47 Å². The number of alkyl halides is 3. The number of ether oxygens (including phenoxy) is 2. The molecule has 0 amide bonds. The first-order valence-corrected chi connectivity index (χ1v) is 4.94. The van der Waals surface area contributed by atoms with Gasteiger partial charge in [-0.05, 0) is 12.1 Å². The van der Waals surface area contributed by atoms with Gasteiger partial charge in [0.15, 0.2) is 11.5 Å². The van der Waals surface area contributed by atoms with Gasteiger partial charge in [0, 0.05) is 4.47 Å². The predicted molar refractivity (Wildman–Crippen MR) is 50.1 cm³/mol. The van der Waals surface area contributed by atoms with E-state index >= 15 is 0 Å². The van der Waals surface area contributed by atoms with Crippen molar-refractivity contribution in [2.45, 2.75) is 6.18 Å². The summed E-state index contributed by atoms with van der Waals surface area (Å²) in [6, 6.07) is 2.44.